The lowest BCUT2D eigenvalue weighted by Gasteiger charge is -2.15. The van der Waals surface area contributed by atoms with E-state index in [0.29, 0.717) is 0 Å². The molecule has 3 nitrogen and oxygen atoms in total. The van der Waals surface area contributed by atoms with Crippen molar-refractivity contribution in [3.63, 3.8) is 0 Å². The molecule has 0 amide bonds. The Bertz CT molecular complexity index is 1920. The van der Waals surface area contributed by atoms with Gasteiger partial charge in [0, 0.05) is 22.9 Å². The molecule has 0 aliphatic heterocycles. The number of hydrogen-bond acceptors (Lipinski definition) is 2. The number of pyridine rings is 3. The summed E-state index contributed by atoms with van der Waals surface area (Å²) in [5.41, 5.74) is 9.30. The van der Waals surface area contributed by atoms with Crippen LogP contribution in [0.1, 0.15) is 27.0 Å². The second kappa shape index (κ2) is 7.25. The highest BCUT2D eigenvalue weighted by Gasteiger charge is 2.26. The lowest BCUT2D eigenvalue weighted by molar-refractivity contribution is -0.448. The Balaban J connectivity index is 1.82. The fraction of sp³-hybridized carbons (Fsp3) is 0.0909. The number of hydrogen-bond donors (Lipinski definition) is 0. The second-order valence-electron chi connectivity index (χ2n) is 10.0. The minimum Gasteiger partial charge on any atom is -0.545 e. The molecule has 0 fully saturated rings. The summed E-state index contributed by atoms with van der Waals surface area (Å²) in [5, 5.41) is 18.2. The summed E-state index contributed by atoms with van der Waals surface area (Å²) in [6.07, 6.45) is 0. The van der Waals surface area contributed by atoms with E-state index in [0.717, 1.165) is 65.6 Å². The maximum Gasteiger partial charge on any atom is 0.227 e. The van der Waals surface area contributed by atoms with Gasteiger partial charge in [-0.05, 0) is 61.7 Å². The molecule has 0 spiro atoms. The number of aryl methyl sites for hydroxylation is 3. The number of carboxylic acid groups (broad SMARTS) is 1. The number of carbonyl (C=O) groups is 1. The van der Waals surface area contributed by atoms with Gasteiger partial charge in [0.25, 0.3) is 0 Å². The summed E-state index contributed by atoms with van der Waals surface area (Å²) in [6.45, 7) is 6.25. The highest BCUT2D eigenvalue weighted by Crippen LogP contribution is 2.38. The summed E-state index contributed by atoms with van der Waals surface area (Å²) in [4.78, 5) is 12.1. The van der Waals surface area contributed by atoms with Crippen LogP contribution in [0.25, 0.3) is 60.0 Å². The van der Waals surface area contributed by atoms with Crippen molar-refractivity contribution in [2.24, 2.45) is 0 Å². The summed E-state index contributed by atoms with van der Waals surface area (Å²) in [7, 11) is 0. The summed E-state index contributed by atoms with van der Waals surface area (Å²) >= 11 is 0. The first-order valence-electron chi connectivity index (χ1n) is 12.2. The monoisotopic (exact) mass is 465 g/mol. The molecule has 3 heterocycles. The van der Waals surface area contributed by atoms with E-state index in [1.54, 1.807) is 12.1 Å². The number of carbonyl (C=O) groups excluding carboxylic acids is 1. The van der Waals surface area contributed by atoms with Crippen molar-refractivity contribution in [3.8, 4) is 11.1 Å². The molecular weight excluding hydrogens is 442 g/mol. The number of aromatic nitrogens is 1. The van der Waals surface area contributed by atoms with Gasteiger partial charge >= 0.3 is 0 Å². The predicted octanol–water partition coefficient (Wildman–Crippen LogP) is 6.43. The van der Waals surface area contributed by atoms with Gasteiger partial charge in [0.1, 0.15) is 0 Å². The molecule has 0 bridgehead atoms. The van der Waals surface area contributed by atoms with Gasteiger partial charge in [-0.2, -0.15) is 4.40 Å². The summed E-state index contributed by atoms with van der Waals surface area (Å²) < 4.78 is 2.32. The second-order valence-corrected chi connectivity index (χ2v) is 10.0. The van der Waals surface area contributed by atoms with Gasteiger partial charge in [0.2, 0.25) is 16.6 Å². The minimum absolute atomic E-state index is 0.201. The SMILES string of the molecule is Cc1ccc(-c2cc3c4ccc(C)cc4c4cc(C(=O)[O-])cc5c6cc(C)ccc6c(c2)[n+]3c45)cc1. The molecule has 0 radical (unpaired) electrons. The molecule has 0 saturated carbocycles. The molecule has 0 saturated heterocycles. The van der Waals surface area contributed by atoms with E-state index in [2.05, 4.69) is 98.0 Å². The Labute approximate surface area is 208 Å². The van der Waals surface area contributed by atoms with E-state index in [-0.39, 0.29) is 5.56 Å². The number of aromatic carboxylic acids is 1. The van der Waals surface area contributed by atoms with Crippen LogP contribution in [0, 0.1) is 20.8 Å². The van der Waals surface area contributed by atoms with Crippen molar-refractivity contribution in [2.45, 2.75) is 20.8 Å². The van der Waals surface area contributed by atoms with Crippen LogP contribution >= 0.6 is 0 Å². The molecule has 0 aliphatic carbocycles. The van der Waals surface area contributed by atoms with E-state index in [4.69, 9.17) is 0 Å². The van der Waals surface area contributed by atoms with Gasteiger partial charge in [-0.1, -0.05) is 65.2 Å². The van der Waals surface area contributed by atoms with Gasteiger partial charge in [0.15, 0.2) is 0 Å². The molecular formula is C33H23NO2. The largest absolute Gasteiger partial charge is 0.545 e. The van der Waals surface area contributed by atoms with E-state index in [9.17, 15) is 9.90 Å². The van der Waals surface area contributed by atoms with Crippen molar-refractivity contribution in [3.05, 3.63) is 107 Å². The normalized spacial score (nSPS) is 12.0. The zero-order valence-corrected chi connectivity index (χ0v) is 20.3. The van der Waals surface area contributed by atoms with Gasteiger partial charge < -0.3 is 9.90 Å². The third-order valence-corrected chi connectivity index (χ3v) is 7.50. The third-order valence-electron chi connectivity index (χ3n) is 7.50. The quantitative estimate of drug-likeness (QED) is 0.168. The van der Waals surface area contributed by atoms with Crippen molar-refractivity contribution < 1.29 is 14.3 Å². The number of rotatable bonds is 2. The first-order valence-corrected chi connectivity index (χ1v) is 12.2. The number of benzene rings is 4. The predicted molar refractivity (Wildman–Crippen MR) is 145 cm³/mol. The lowest BCUT2D eigenvalue weighted by atomic mass is 9.92. The Morgan fingerprint density at radius 3 is 1.56 bits per heavy atom. The van der Waals surface area contributed by atoms with Crippen molar-refractivity contribution >= 4 is 54.8 Å². The van der Waals surface area contributed by atoms with Crippen LogP contribution in [-0.4, -0.2) is 5.97 Å². The van der Waals surface area contributed by atoms with E-state index in [1.165, 1.54) is 11.1 Å². The molecule has 172 valence electrons. The molecule has 0 atom stereocenters. The Morgan fingerprint density at radius 1 is 0.556 bits per heavy atom. The van der Waals surface area contributed by atoms with E-state index < -0.39 is 5.97 Å². The average molecular weight is 466 g/mol. The van der Waals surface area contributed by atoms with Crippen molar-refractivity contribution in [1.82, 2.24) is 0 Å². The summed E-state index contributed by atoms with van der Waals surface area (Å²) in [6, 6.07) is 29.6. The molecule has 7 rings (SSSR count). The smallest absolute Gasteiger partial charge is 0.227 e. The maximum atomic E-state index is 12.1. The first-order chi connectivity index (χ1) is 17.4. The van der Waals surface area contributed by atoms with Crippen LogP contribution < -0.4 is 9.51 Å². The molecule has 4 aromatic carbocycles. The van der Waals surface area contributed by atoms with E-state index >= 15 is 0 Å². The van der Waals surface area contributed by atoms with Gasteiger partial charge in [-0.15, -0.1) is 0 Å². The third kappa shape index (κ3) is 2.86. The number of carboxylic acids is 1. The van der Waals surface area contributed by atoms with Crippen LogP contribution in [0.5, 0.6) is 0 Å². The fourth-order valence-corrected chi connectivity index (χ4v) is 5.76. The Hall–Kier alpha value is -4.50. The Kier molecular flexibility index (Phi) is 4.20. The number of nitrogens with zero attached hydrogens (tertiary/aromatic N) is 1. The standard InChI is InChI=1S/C33H23NO2/c1-18-4-8-21(9-5-18)22-16-30-24-10-6-19(2)12-26(24)28-14-23(33(35)36)15-29-27-13-20(3)7-11-25(27)31(17-22)34(30)32(28)29/h4-17H,1-3H3. The number of fused-ring (bicyclic) bond motifs is 6. The highest BCUT2D eigenvalue weighted by molar-refractivity contribution is 6.22. The van der Waals surface area contributed by atoms with Gasteiger partial charge in [-0.25, -0.2) is 0 Å². The molecule has 36 heavy (non-hydrogen) atoms. The average Bonchev–Trinajstić information content (AvgIpc) is 2.87. The van der Waals surface area contributed by atoms with Crippen LogP contribution in [0.2, 0.25) is 0 Å². The van der Waals surface area contributed by atoms with Crippen LogP contribution in [0.4, 0.5) is 0 Å². The fourth-order valence-electron chi connectivity index (χ4n) is 5.76. The molecule has 7 aromatic rings. The maximum absolute atomic E-state index is 12.1. The zero-order valence-electron chi connectivity index (χ0n) is 20.3. The van der Waals surface area contributed by atoms with Crippen LogP contribution in [0.3, 0.4) is 0 Å². The van der Waals surface area contributed by atoms with Crippen molar-refractivity contribution in [1.29, 1.82) is 0 Å². The molecule has 3 aromatic heterocycles. The zero-order chi connectivity index (χ0) is 24.7. The minimum atomic E-state index is -1.16. The summed E-state index contributed by atoms with van der Waals surface area (Å²) in [5.74, 6) is -1.16. The lowest BCUT2D eigenvalue weighted by Crippen LogP contribution is -2.27. The Morgan fingerprint density at radius 2 is 1.06 bits per heavy atom. The highest BCUT2D eigenvalue weighted by atomic mass is 16.4. The molecule has 0 aliphatic rings. The van der Waals surface area contributed by atoms with Crippen LogP contribution in [-0.2, 0) is 0 Å². The molecule has 3 heteroatoms. The van der Waals surface area contributed by atoms with Crippen molar-refractivity contribution in [2.75, 3.05) is 0 Å². The van der Waals surface area contributed by atoms with Gasteiger partial charge in [0.05, 0.1) is 27.5 Å². The molecule has 0 N–H and O–H groups in total. The van der Waals surface area contributed by atoms with Crippen LogP contribution in [0.15, 0.2) is 84.9 Å². The topological polar surface area (TPSA) is 44.2 Å². The van der Waals surface area contributed by atoms with Gasteiger partial charge in [-0.3, -0.25) is 0 Å². The molecule has 0 unspecified atom stereocenters. The first kappa shape index (κ1) is 20.8. The van der Waals surface area contributed by atoms with E-state index in [1.807, 2.05) is 0 Å².